The zero-order valence-corrected chi connectivity index (χ0v) is 12.7. The highest BCUT2D eigenvalue weighted by Crippen LogP contribution is 2.41. The van der Waals surface area contributed by atoms with Gasteiger partial charge in [-0.05, 0) is 6.07 Å². The summed E-state index contributed by atoms with van der Waals surface area (Å²) in [6, 6.07) is 9.25. The van der Waals surface area contributed by atoms with Crippen LogP contribution >= 0.6 is 0 Å². The number of hydrogen-bond acceptors (Lipinski definition) is 6. The van der Waals surface area contributed by atoms with Crippen molar-refractivity contribution < 1.29 is 19.4 Å². The van der Waals surface area contributed by atoms with Gasteiger partial charge in [-0.2, -0.15) is 0 Å². The van der Waals surface area contributed by atoms with E-state index in [2.05, 4.69) is 19.9 Å². The number of phenolic OH excluding ortho intramolecular Hbond substituents is 1. The topological polar surface area (TPSA) is 83.7 Å². The van der Waals surface area contributed by atoms with Gasteiger partial charge < -0.3 is 19.5 Å². The Labute approximate surface area is 133 Å². The van der Waals surface area contributed by atoms with Crippen LogP contribution in [0.1, 0.15) is 0 Å². The predicted molar refractivity (Wildman–Crippen MR) is 85.6 cm³/mol. The Morgan fingerprint density at radius 1 is 1.26 bits per heavy atom. The number of nitrogens with zero attached hydrogens (tertiary/aromatic N) is 3. The van der Waals surface area contributed by atoms with Gasteiger partial charge in [-0.25, -0.2) is 4.79 Å². The van der Waals surface area contributed by atoms with Crippen LogP contribution in [0.5, 0.6) is 5.75 Å². The second-order valence-electron chi connectivity index (χ2n) is 5.08. The monoisotopic (exact) mass is 315 g/mol. The van der Waals surface area contributed by atoms with Gasteiger partial charge in [0.15, 0.2) is 5.75 Å². The summed E-state index contributed by atoms with van der Waals surface area (Å²) in [7, 11) is 1.22. The number of benzene rings is 2. The number of phenols is 1. The zero-order chi connectivity index (χ0) is 16.2. The number of amides is 1. The molecular weight excluding hydrogens is 298 g/mol. The Kier molecular flexibility index (Phi) is 4.38. The number of carbonyl (C=O) groups excluding carboxylic acids is 1. The maximum absolute atomic E-state index is 11.2. The third-order valence-electron chi connectivity index (χ3n) is 3.74. The summed E-state index contributed by atoms with van der Waals surface area (Å²) in [5.41, 5.74) is 1.16. The van der Waals surface area contributed by atoms with Crippen molar-refractivity contribution >= 4 is 28.2 Å². The summed E-state index contributed by atoms with van der Waals surface area (Å²) >= 11 is 0. The lowest BCUT2D eigenvalue weighted by atomic mass is 10.1. The van der Waals surface area contributed by atoms with Crippen LogP contribution in [0.3, 0.4) is 0 Å². The first-order chi connectivity index (χ1) is 11.2. The van der Waals surface area contributed by atoms with Gasteiger partial charge in [-0.15, -0.1) is 5.11 Å². The maximum atomic E-state index is 11.2. The Bertz CT molecular complexity index is 754. The quantitative estimate of drug-likeness (QED) is 0.860. The molecule has 1 N–H and O–H groups in total. The van der Waals surface area contributed by atoms with E-state index in [0.717, 1.165) is 24.2 Å². The van der Waals surface area contributed by atoms with Crippen molar-refractivity contribution in [2.45, 2.75) is 0 Å². The lowest BCUT2D eigenvalue weighted by Crippen LogP contribution is -2.36. The number of carbonyl (C=O) groups is 1. The summed E-state index contributed by atoms with van der Waals surface area (Å²) in [5.74, 6) is -0.00902. The second kappa shape index (κ2) is 6.62. The van der Waals surface area contributed by atoms with Crippen molar-refractivity contribution in [3.05, 3.63) is 30.3 Å². The van der Waals surface area contributed by atoms with Gasteiger partial charge in [-0.3, -0.25) is 0 Å². The fourth-order valence-electron chi connectivity index (χ4n) is 2.60. The van der Waals surface area contributed by atoms with Crippen molar-refractivity contribution in [1.29, 1.82) is 0 Å². The van der Waals surface area contributed by atoms with E-state index in [1.807, 2.05) is 24.3 Å². The molecule has 0 radical (unpaired) electrons. The first kappa shape index (κ1) is 15.2. The van der Waals surface area contributed by atoms with E-state index >= 15 is 0 Å². The number of morpholine rings is 1. The molecule has 0 aliphatic carbocycles. The minimum absolute atomic E-state index is 0.00902. The van der Waals surface area contributed by atoms with Crippen LogP contribution in [0.15, 0.2) is 40.6 Å². The Hall–Kier alpha value is -2.67. The molecule has 0 atom stereocenters. The van der Waals surface area contributed by atoms with Crippen LogP contribution in [0.4, 0.5) is 16.2 Å². The SMILES string of the molecule is COC(=O)N=Nc1cc(N2CCOCC2)c2ccccc2c1O. The number of azo groups is 1. The van der Waals surface area contributed by atoms with Crippen LogP contribution in [-0.2, 0) is 9.47 Å². The van der Waals surface area contributed by atoms with Crippen LogP contribution in [0, 0.1) is 0 Å². The normalized spacial score (nSPS) is 15.3. The van der Waals surface area contributed by atoms with Gasteiger partial charge in [0.1, 0.15) is 5.69 Å². The molecule has 1 fully saturated rings. The molecule has 2 aromatic carbocycles. The van der Waals surface area contributed by atoms with Crippen LogP contribution in [-0.4, -0.2) is 44.6 Å². The molecule has 3 rings (SSSR count). The number of rotatable bonds is 2. The number of methoxy groups -OCH3 is 1. The lowest BCUT2D eigenvalue weighted by Gasteiger charge is -2.30. The average Bonchev–Trinajstić information content (AvgIpc) is 2.61. The summed E-state index contributed by atoms with van der Waals surface area (Å²) < 4.78 is 9.82. The number of fused-ring (bicyclic) bond motifs is 1. The highest BCUT2D eigenvalue weighted by Gasteiger charge is 2.18. The predicted octanol–water partition coefficient (Wildman–Crippen LogP) is 3.23. The summed E-state index contributed by atoms with van der Waals surface area (Å²) in [4.78, 5) is 13.3. The number of aromatic hydroxyl groups is 1. The minimum Gasteiger partial charge on any atom is -0.505 e. The minimum atomic E-state index is -0.814. The standard InChI is InChI=1S/C16H17N3O4/c1-22-16(21)18-17-13-10-14(19-6-8-23-9-7-19)11-4-2-3-5-12(11)15(13)20/h2-5,10,20H,6-9H2,1H3. The first-order valence-electron chi connectivity index (χ1n) is 7.28. The van der Waals surface area contributed by atoms with Gasteiger partial charge in [0, 0.05) is 29.5 Å². The third kappa shape index (κ3) is 3.09. The van der Waals surface area contributed by atoms with E-state index in [9.17, 15) is 9.90 Å². The lowest BCUT2D eigenvalue weighted by molar-refractivity contribution is 0.123. The fraction of sp³-hybridized carbons (Fsp3) is 0.312. The molecule has 7 nitrogen and oxygen atoms in total. The first-order valence-corrected chi connectivity index (χ1v) is 7.28. The number of ether oxygens (including phenoxy) is 2. The van der Waals surface area contributed by atoms with Gasteiger partial charge in [0.05, 0.1) is 20.3 Å². The molecule has 23 heavy (non-hydrogen) atoms. The molecule has 1 aliphatic heterocycles. The molecule has 0 bridgehead atoms. The van der Waals surface area contributed by atoms with Gasteiger partial charge in [0.25, 0.3) is 0 Å². The summed E-state index contributed by atoms with van der Waals surface area (Å²) in [6.07, 6.45) is -0.814. The van der Waals surface area contributed by atoms with E-state index in [1.165, 1.54) is 7.11 Å². The smallest absolute Gasteiger partial charge is 0.452 e. The van der Waals surface area contributed by atoms with Crippen LogP contribution in [0.25, 0.3) is 10.8 Å². The molecule has 7 heteroatoms. The molecule has 2 aromatic rings. The molecule has 1 heterocycles. The highest BCUT2D eigenvalue weighted by molar-refractivity contribution is 6.01. The maximum Gasteiger partial charge on any atom is 0.452 e. The third-order valence-corrected chi connectivity index (χ3v) is 3.74. The van der Waals surface area contributed by atoms with E-state index in [1.54, 1.807) is 6.07 Å². The molecule has 0 unspecified atom stereocenters. The fourth-order valence-corrected chi connectivity index (χ4v) is 2.60. The van der Waals surface area contributed by atoms with E-state index < -0.39 is 6.09 Å². The van der Waals surface area contributed by atoms with Gasteiger partial charge in [0.2, 0.25) is 0 Å². The molecule has 0 spiro atoms. The molecule has 0 aromatic heterocycles. The Morgan fingerprint density at radius 2 is 1.96 bits per heavy atom. The van der Waals surface area contributed by atoms with E-state index in [4.69, 9.17) is 4.74 Å². The number of hydrogen-bond donors (Lipinski definition) is 1. The van der Waals surface area contributed by atoms with Crippen molar-refractivity contribution in [2.75, 3.05) is 38.3 Å². The second-order valence-corrected chi connectivity index (χ2v) is 5.08. The average molecular weight is 315 g/mol. The summed E-state index contributed by atoms with van der Waals surface area (Å²) in [6.45, 7) is 2.80. The van der Waals surface area contributed by atoms with Crippen molar-refractivity contribution in [3.8, 4) is 5.75 Å². The molecule has 1 saturated heterocycles. The zero-order valence-electron chi connectivity index (χ0n) is 12.7. The summed E-state index contributed by atoms with van der Waals surface area (Å²) in [5, 5.41) is 19.2. The largest absolute Gasteiger partial charge is 0.505 e. The highest BCUT2D eigenvalue weighted by atomic mass is 16.5. The Balaban J connectivity index is 2.11. The van der Waals surface area contributed by atoms with Crippen LogP contribution < -0.4 is 4.90 Å². The molecule has 120 valence electrons. The van der Waals surface area contributed by atoms with Crippen LogP contribution in [0.2, 0.25) is 0 Å². The van der Waals surface area contributed by atoms with Crippen molar-refractivity contribution in [2.24, 2.45) is 10.2 Å². The van der Waals surface area contributed by atoms with E-state index in [0.29, 0.717) is 18.6 Å². The van der Waals surface area contributed by atoms with Crippen molar-refractivity contribution in [1.82, 2.24) is 0 Å². The molecule has 0 saturated carbocycles. The van der Waals surface area contributed by atoms with E-state index in [-0.39, 0.29) is 11.4 Å². The molecular formula is C16H17N3O4. The number of anilines is 1. The van der Waals surface area contributed by atoms with Gasteiger partial charge >= 0.3 is 6.09 Å². The van der Waals surface area contributed by atoms with Gasteiger partial charge in [-0.1, -0.05) is 29.4 Å². The van der Waals surface area contributed by atoms with Crippen molar-refractivity contribution in [3.63, 3.8) is 0 Å². The Morgan fingerprint density at radius 3 is 2.65 bits per heavy atom. The molecule has 1 amide bonds. The molecule has 1 aliphatic rings.